The number of methoxy groups -OCH3 is 1. The number of ether oxygens (including phenoxy) is 1. The van der Waals surface area contributed by atoms with Crippen molar-refractivity contribution in [3.8, 4) is 17.1 Å². The molecule has 0 unspecified atom stereocenters. The van der Waals surface area contributed by atoms with Gasteiger partial charge in [-0.05, 0) is 44.0 Å². The number of likely N-dealkylation sites (N-methyl/N-ethyl adjacent to an activating group) is 1. The van der Waals surface area contributed by atoms with E-state index in [2.05, 4.69) is 20.4 Å². The van der Waals surface area contributed by atoms with Gasteiger partial charge in [-0.1, -0.05) is 5.16 Å². The third-order valence-corrected chi connectivity index (χ3v) is 5.28. The largest absolute Gasteiger partial charge is 0.497 e. The first-order chi connectivity index (χ1) is 15.1. The van der Waals surface area contributed by atoms with Crippen LogP contribution in [0.5, 0.6) is 5.75 Å². The lowest BCUT2D eigenvalue weighted by Crippen LogP contribution is -2.40. The Hall–Kier alpha value is -2.94. The minimum absolute atomic E-state index is 0.0378. The lowest BCUT2D eigenvalue weighted by Gasteiger charge is -2.21. The molecule has 168 valence electrons. The standard InChI is InChI=1S/C22H31N5O4/c1-3-23-19(28)16-26-12-5-13-27(15-14-26)21(29)7-4-6-20-24-22(25-31-20)17-8-10-18(30-2)11-9-17/h8-11H,3-7,12-16H2,1-2H3,(H,23,28). The highest BCUT2D eigenvalue weighted by Gasteiger charge is 2.20. The van der Waals surface area contributed by atoms with Crippen molar-refractivity contribution in [1.29, 1.82) is 0 Å². The molecule has 9 heteroatoms. The summed E-state index contributed by atoms with van der Waals surface area (Å²) in [5, 5.41) is 6.85. The van der Waals surface area contributed by atoms with Gasteiger partial charge in [-0.15, -0.1) is 0 Å². The quantitative estimate of drug-likeness (QED) is 0.648. The minimum Gasteiger partial charge on any atom is -0.497 e. The molecule has 3 rings (SSSR count). The van der Waals surface area contributed by atoms with E-state index in [9.17, 15) is 9.59 Å². The van der Waals surface area contributed by atoms with Gasteiger partial charge in [-0.3, -0.25) is 14.5 Å². The molecule has 0 bridgehead atoms. The number of hydrogen-bond acceptors (Lipinski definition) is 7. The highest BCUT2D eigenvalue weighted by molar-refractivity contribution is 5.78. The predicted octanol–water partition coefficient (Wildman–Crippen LogP) is 1.74. The summed E-state index contributed by atoms with van der Waals surface area (Å²) < 4.78 is 10.5. The van der Waals surface area contributed by atoms with E-state index in [0.717, 1.165) is 37.4 Å². The Morgan fingerprint density at radius 2 is 1.97 bits per heavy atom. The van der Waals surface area contributed by atoms with Crippen LogP contribution in [0.4, 0.5) is 0 Å². The fourth-order valence-electron chi connectivity index (χ4n) is 3.60. The SMILES string of the molecule is CCNC(=O)CN1CCCN(C(=O)CCCc2nc(-c3ccc(OC)cc3)no2)CC1. The Bertz CT molecular complexity index is 852. The monoisotopic (exact) mass is 429 g/mol. The minimum atomic E-state index is 0.0378. The van der Waals surface area contributed by atoms with Gasteiger partial charge in [-0.2, -0.15) is 4.98 Å². The number of hydrogen-bond donors (Lipinski definition) is 1. The molecular formula is C22H31N5O4. The molecule has 0 spiro atoms. The molecule has 1 aromatic carbocycles. The van der Waals surface area contributed by atoms with E-state index in [0.29, 0.717) is 50.6 Å². The van der Waals surface area contributed by atoms with Crippen molar-refractivity contribution in [1.82, 2.24) is 25.3 Å². The average molecular weight is 430 g/mol. The van der Waals surface area contributed by atoms with E-state index in [1.165, 1.54) is 0 Å². The zero-order valence-corrected chi connectivity index (χ0v) is 18.3. The molecule has 9 nitrogen and oxygen atoms in total. The van der Waals surface area contributed by atoms with Crippen molar-refractivity contribution in [3.05, 3.63) is 30.2 Å². The molecule has 0 radical (unpaired) electrons. The molecule has 2 aromatic rings. The zero-order chi connectivity index (χ0) is 22.1. The number of amides is 2. The fraction of sp³-hybridized carbons (Fsp3) is 0.545. The Balaban J connectivity index is 1.42. The Labute approximate surface area is 182 Å². The molecule has 1 aliphatic heterocycles. The van der Waals surface area contributed by atoms with Gasteiger partial charge >= 0.3 is 0 Å². The van der Waals surface area contributed by atoms with Gasteiger partial charge in [0.15, 0.2) is 0 Å². The normalized spacial score (nSPS) is 14.8. The molecular weight excluding hydrogens is 398 g/mol. The smallest absolute Gasteiger partial charge is 0.234 e. The lowest BCUT2D eigenvalue weighted by atomic mass is 10.2. The maximum atomic E-state index is 12.6. The summed E-state index contributed by atoms with van der Waals surface area (Å²) in [4.78, 5) is 32.8. The van der Waals surface area contributed by atoms with Crippen molar-refractivity contribution >= 4 is 11.8 Å². The molecule has 31 heavy (non-hydrogen) atoms. The van der Waals surface area contributed by atoms with E-state index < -0.39 is 0 Å². The highest BCUT2D eigenvalue weighted by Crippen LogP contribution is 2.20. The molecule has 0 aliphatic carbocycles. The first kappa shape index (κ1) is 22.7. The maximum absolute atomic E-state index is 12.6. The van der Waals surface area contributed by atoms with Crippen molar-refractivity contribution in [2.24, 2.45) is 0 Å². The van der Waals surface area contributed by atoms with E-state index in [-0.39, 0.29) is 11.8 Å². The Morgan fingerprint density at radius 1 is 1.16 bits per heavy atom. The molecule has 0 saturated carbocycles. The molecule has 0 atom stereocenters. The first-order valence-corrected chi connectivity index (χ1v) is 10.8. The number of aromatic nitrogens is 2. The number of nitrogens with one attached hydrogen (secondary N) is 1. The van der Waals surface area contributed by atoms with Crippen molar-refractivity contribution in [2.75, 3.05) is 46.4 Å². The van der Waals surface area contributed by atoms with Crippen LogP contribution in [-0.4, -0.2) is 78.1 Å². The van der Waals surface area contributed by atoms with E-state index in [4.69, 9.17) is 9.26 Å². The van der Waals surface area contributed by atoms with Gasteiger partial charge in [0.25, 0.3) is 0 Å². The van der Waals surface area contributed by atoms with Crippen LogP contribution in [0, 0.1) is 0 Å². The van der Waals surface area contributed by atoms with Gasteiger partial charge in [0.1, 0.15) is 5.75 Å². The number of benzene rings is 1. The van der Waals surface area contributed by atoms with Gasteiger partial charge in [0.2, 0.25) is 23.5 Å². The fourth-order valence-corrected chi connectivity index (χ4v) is 3.60. The lowest BCUT2D eigenvalue weighted by molar-refractivity contribution is -0.131. The van der Waals surface area contributed by atoms with Crippen LogP contribution in [0.1, 0.15) is 32.1 Å². The second-order valence-corrected chi connectivity index (χ2v) is 7.56. The van der Waals surface area contributed by atoms with Crippen LogP contribution in [0.3, 0.4) is 0 Å². The number of carbonyl (C=O) groups is 2. The van der Waals surface area contributed by atoms with Gasteiger partial charge in [-0.25, -0.2) is 0 Å². The summed E-state index contributed by atoms with van der Waals surface area (Å²) in [6.45, 7) is 5.87. The maximum Gasteiger partial charge on any atom is 0.234 e. The second kappa shape index (κ2) is 11.5. The summed E-state index contributed by atoms with van der Waals surface area (Å²) in [6.07, 6.45) is 2.53. The number of rotatable bonds is 9. The zero-order valence-electron chi connectivity index (χ0n) is 18.3. The van der Waals surface area contributed by atoms with Crippen LogP contribution >= 0.6 is 0 Å². The third kappa shape index (κ3) is 6.78. The average Bonchev–Trinajstić information content (AvgIpc) is 3.12. The van der Waals surface area contributed by atoms with Crippen molar-refractivity contribution in [3.63, 3.8) is 0 Å². The summed E-state index contributed by atoms with van der Waals surface area (Å²) in [7, 11) is 1.62. The number of aryl methyl sites for hydroxylation is 1. The third-order valence-electron chi connectivity index (χ3n) is 5.28. The van der Waals surface area contributed by atoms with E-state index >= 15 is 0 Å². The van der Waals surface area contributed by atoms with E-state index in [1.807, 2.05) is 36.1 Å². The molecule has 1 aromatic heterocycles. The van der Waals surface area contributed by atoms with Crippen molar-refractivity contribution < 1.29 is 18.8 Å². The van der Waals surface area contributed by atoms with Gasteiger partial charge < -0.3 is 19.5 Å². The summed E-state index contributed by atoms with van der Waals surface area (Å²) in [5.41, 5.74) is 0.855. The van der Waals surface area contributed by atoms with Crippen LogP contribution < -0.4 is 10.1 Å². The summed E-state index contributed by atoms with van der Waals surface area (Å²) in [6, 6.07) is 7.46. The van der Waals surface area contributed by atoms with Crippen molar-refractivity contribution in [2.45, 2.75) is 32.6 Å². The summed E-state index contributed by atoms with van der Waals surface area (Å²) >= 11 is 0. The summed E-state index contributed by atoms with van der Waals surface area (Å²) in [5.74, 6) is 2.00. The van der Waals surface area contributed by atoms with Crippen LogP contribution in [0.2, 0.25) is 0 Å². The van der Waals surface area contributed by atoms with Gasteiger partial charge in [0, 0.05) is 51.1 Å². The van der Waals surface area contributed by atoms with Gasteiger partial charge in [0.05, 0.1) is 13.7 Å². The first-order valence-electron chi connectivity index (χ1n) is 10.8. The van der Waals surface area contributed by atoms with E-state index in [1.54, 1.807) is 7.11 Å². The Kier molecular flexibility index (Phi) is 8.40. The second-order valence-electron chi connectivity index (χ2n) is 7.56. The number of nitrogens with zero attached hydrogens (tertiary/aromatic N) is 4. The predicted molar refractivity (Wildman–Crippen MR) is 116 cm³/mol. The molecule has 1 N–H and O–H groups in total. The Morgan fingerprint density at radius 3 is 2.71 bits per heavy atom. The van der Waals surface area contributed by atoms with Crippen LogP contribution in [0.25, 0.3) is 11.4 Å². The molecule has 1 aliphatic rings. The molecule has 2 amide bonds. The van der Waals surface area contributed by atoms with Crippen LogP contribution in [-0.2, 0) is 16.0 Å². The molecule has 2 heterocycles. The molecule has 1 saturated heterocycles. The number of carbonyl (C=O) groups excluding carboxylic acids is 2. The highest BCUT2D eigenvalue weighted by atomic mass is 16.5. The van der Waals surface area contributed by atoms with Crippen LogP contribution in [0.15, 0.2) is 28.8 Å². The topological polar surface area (TPSA) is 101 Å². The molecule has 1 fully saturated rings.